The lowest BCUT2D eigenvalue weighted by Gasteiger charge is -2.37. The Kier molecular flexibility index (Phi) is 4.80. The number of hydrogen-bond donors (Lipinski definition) is 1. The third-order valence-electron chi connectivity index (χ3n) is 5.13. The van der Waals surface area contributed by atoms with Crippen LogP contribution in [0.4, 0.5) is 11.6 Å². The van der Waals surface area contributed by atoms with Gasteiger partial charge in [-0.25, -0.2) is 9.97 Å². The van der Waals surface area contributed by atoms with Crippen molar-refractivity contribution in [2.24, 2.45) is 0 Å². The van der Waals surface area contributed by atoms with Crippen molar-refractivity contribution in [1.82, 2.24) is 14.9 Å². The van der Waals surface area contributed by atoms with Crippen LogP contribution in [0, 0.1) is 13.8 Å². The fourth-order valence-corrected chi connectivity index (χ4v) is 3.61. The Labute approximate surface area is 158 Å². The molecule has 2 aliphatic heterocycles. The van der Waals surface area contributed by atoms with Gasteiger partial charge in [0.25, 0.3) is 5.91 Å². The lowest BCUT2D eigenvalue weighted by atomic mass is 10.0. The Morgan fingerprint density at radius 3 is 2.59 bits per heavy atom. The van der Waals surface area contributed by atoms with Gasteiger partial charge in [-0.15, -0.1) is 0 Å². The average molecular weight is 368 g/mol. The maximum atomic E-state index is 12.8. The molecule has 142 valence electrons. The minimum atomic E-state index is -0.488. The summed E-state index contributed by atoms with van der Waals surface area (Å²) in [6.45, 7) is 6.55. The van der Waals surface area contributed by atoms with Crippen LogP contribution in [0.2, 0.25) is 0 Å². The molecule has 0 aliphatic carbocycles. The first kappa shape index (κ1) is 17.9. The second-order valence-corrected chi connectivity index (χ2v) is 7.11. The summed E-state index contributed by atoms with van der Waals surface area (Å²) >= 11 is 0. The smallest absolute Gasteiger partial charge is 0.272 e. The molecule has 1 aromatic heterocycles. The average Bonchev–Trinajstić information content (AvgIpc) is 3.12. The van der Waals surface area contributed by atoms with Crippen LogP contribution in [0.1, 0.15) is 34.5 Å². The molecular formula is C20H24N4O3. The van der Waals surface area contributed by atoms with Crippen LogP contribution < -0.4 is 5.32 Å². The number of nitrogens with zero attached hydrogens (tertiary/aromatic N) is 3. The van der Waals surface area contributed by atoms with Crippen LogP contribution in [-0.2, 0) is 9.47 Å². The van der Waals surface area contributed by atoms with Crippen molar-refractivity contribution in [2.45, 2.75) is 32.5 Å². The van der Waals surface area contributed by atoms with E-state index in [1.54, 1.807) is 17.2 Å². The Morgan fingerprint density at radius 1 is 1.15 bits per heavy atom. The van der Waals surface area contributed by atoms with E-state index in [9.17, 15) is 4.79 Å². The lowest BCUT2D eigenvalue weighted by Crippen LogP contribution is -2.47. The first-order valence-corrected chi connectivity index (χ1v) is 9.29. The summed E-state index contributed by atoms with van der Waals surface area (Å²) in [4.78, 5) is 23.3. The molecule has 0 unspecified atom stereocenters. The van der Waals surface area contributed by atoms with Gasteiger partial charge >= 0.3 is 0 Å². The first-order chi connectivity index (χ1) is 13.0. The van der Waals surface area contributed by atoms with E-state index >= 15 is 0 Å². The van der Waals surface area contributed by atoms with Gasteiger partial charge in [-0.05, 0) is 31.5 Å². The van der Waals surface area contributed by atoms with Gasteiger partial charge in [0.15, 0.2) is 5.79 Å². The Bertz CT molecular complexity index is 839. The summed E-state index contributed by atoms with van der Waals surface area (Å²) in [5, 5.41) is 3.20. The largest absolute Gasteiger partial charge is 0.347 e. The lowest BCUT2D eigenvalue weighted by molar-refractivity contribution is -0.181. The number of aromatic nitrogens is 2. The van der Waals surface area contributed by atoms with E-state index in [0.717, 1.165) is 11.3 Å². The molecule has 7 heteroatoms. The third kappa shape index (κ3) is 3.79. The summed E-state index contributed by atoms with van der Waals surface area (Å²) in [5.41, 5.74) is 3.62. The van der Waals surface area contributed by atoms with Gasteiger partial charge in [0.1, 0.15) is 5.69 Å². The quantitative estimate of drug-likeness (QED) is 0.898. The summed E-state index contributed by atoms with van der Waals surface area (Å²) in [6.07, 6.45) is 3.00. The van der Waals surface area contributed by atoms with Crippen molar-refractivity contribution >= 4 is 17.5 Å². The number of piperidine rings is 1. The number of hydrogen-bond acceptors (Lipinski definition) is 6. The number of carbonyl (C=O) groups is 1. The number of benzene rings is 1. The molecule has 1 aromatic carbocycles. The fraction of sp³-hybridized carbons (Fsp3) is 0.450. The molecule has 0 radical (unpaired) electrons. The standard InChI is InChI=1S/C20H24N4O3/c1-14-3-4-16(15(2)13-14)22-19-21-8-5-17(23-19)18(25)24-9-6-20(7-10-24)26-11-12-27-20/h3-5,8,13H,6-7,9-12H2,1-2H3,(H,21,22,23). The Morgan fingerprint density at radius 2 is 1.89 bits per heavy atom. The van der Waals surface area contributed by atoms with Crippen LogP contribution >= 0.6 is 0 Å². The molecule has 2 fully saturated rings. The highest BCUT2D eigenvalue weighted by molar-refractivity contribution is 5.92. The monoisotopic (exact) mass is 368 g/mol. The number of aryl methyl sites for hydroxylation is 2. The maximum Gasteiger partial charge on any atom is 0.272 e. The second-order valence-electron chi connectivity index (χ2n) is 7.11. The SMILES string of the molecule is Cc1ccc(Nc2nccc(C(=O)N3CCC4(CC3)OCCO4)n2)c(C)c1. The normalized spacial score (nSPS) is 18.7. The van der Waals surface area contributed by atoms with Gasteiger partial charge in [-0.2, -0.15) is 0 Å². The number of likely N-dealkylation sites (tertiary alicyclic amines) is 1. The molecule has 3 heterocycles. The van der Waals surface area contributed by atoms with Crippen molar-refractivity contribution < 1.29 is 14.3 Å². The van der Waals surface area contributed by atoms with Crippen molar-refractivity contribution in [3.63, 3.8) is 0 Å². The summed E-state index contributed by atoms with van der Waals surface area (Å²) in [7, 11) is 0. The highest BCUT2D eigenvalue weighted by Crippen LogP contribution is 2.31. The van der Waals surface area contributed by atoms with E-state index in [0.29, 0.717) is 50.8 Å². The molecular weight excluding hydrogens is 344 g/mol. The van der Waals surface area contributed by atoms with Crippen LogP contribution in [-0.4, -0.2) is 52.9 Å². The highest BCUT2D eigenvalue weighted by Gasteiger charge is 2.41. The number of amides is 1. The molecule has 7 nitrogen and oxygen atoms in total. The predicted octanol–water partition coefficient (Wildman–Crippen LogP) is 2.82. The van der Waals surface area contributed by atoms with Crippen molar-refractivity contribution in [3.05, 3.63) is 47.3 Å². The van der Waals surface area contributed by atoms with Gasteiger partial charge in [-0.1, -0.05) is 17.7 Å². The predicted molar refractivity (Wildman–Crippen MR) is 101 cm³/mol. The highest BCUT2D eigenvalue weighted by atomic mass is 16.7. The third-order valence-corrected chi connectivity index (χ3v) is 5.13. The zero-order chi connectivity index (χ0) is 18.9. The van der Waals surface area contributed by atoms with E-state index in [4.69, 9.17) is 9.47 Å². The van der Waals surface area contributed by atoms with E-state index in [1.165, 1.54) is 5.56 Å². The number of anilines is 2. The maximum absolute atomic E-state index is 12.8. The fourth-order valence-electron chi connectivity index (χ4n) is 3.61. The summed E-state index contributed by atoms with van der Waals surface area (Å²) in [5.74, 6) is -0.157. The zero-order valence-electron chi connectivity index (χ0n) is 15.7. The van der Waals surface area contributed by atoms with Gasteiger partial charge in [0.2, 0.25) is 5.95 Å². The molecule has 1 spiro atoms. The first-order valence-electron chi connectivity index (χ1n) is 9.29. The number of rotatable bonds is 3. The molecule has 2 saturated heterocycles. The van der Waals surface area contributed by atoms with E-state index in [-0.39, 0.29) is 5.91 Å². The van der Waals surface area contributed by atoms with Crippen LogP contribution in [0.15, 0.2) is 30.5 Å². The van der Waals surface area contributed by atoms with Gasteiger partial charge in [-0.3, -0.25) is 4.79 Å². The van der Waals surface area contributed by atoms with Crippen LogP contribution in [0.3, 0.4) is 0 Å². The van der Waals surface area contributed by atoms with Gasteiger partial charge in [0.05, 0.1) is 13.2 Å². The minimum Gasteiger partial charge on any atom is -0.347 e. The second kappa shape index (κ2) is 7.25. The van der Waals surface area contributed by atoms with E-state index < -0.39 is 5.79 Å². The number of ether oxygens (including phenoxy) is 2. The van der Waals surface area contributed by atoms with E-state index in [1.807, 2.05) is 19.1 Å². The summed E-state index contributed by atoms with van der Waals surface area (Å²) in [6, 6.07) is 7.77. The molecule has 0 saturated carbocycles. The molecule has 1 N–H and O–H groups in total. The van der Waals surface area contributed by atoms with Crippen LogP contribution in [0.25, 0.3) is 0 Å². The Balaban J connectivity index is 1.45. The van der Waals surface area contributed by atoms with Gasteiger partial charge in [0, 0.05) is 37.8 Å². The van der Waals surface area contributed by atoms with Crippen LogP contribution in [0.5, 0.6) is 0 Å². The molecule has 2 aliphatic rings. The van der Waals surface area contributed by atoms with Crippen molar-refractivity contribution in [1.29, 1.82) is 0 Å². The molecule has 4 rings (SSSR count). The molecule has 2 aromatic rings. The topological polar surface area (TPSA) is 76.6 Å². The van der Waals surface area contributed by atoms with Crippen molar-refractivity contribution in [3.8, 4) is 0 Å². The number of nitrogens with one attached hydrogen (secondary N) is 1. The molecule has 27 heavy (non-hydrogen) atoms. The molecule has 0 atom stereocenters. The molecule has 1 amide bonds. The minimum absolute atomic E-state index is 0.0890. The Hall–Kier alpha value is -2.51. The summed E-state index contributed by atoms with van der Waals surface area (Å²) < 4.78 is 11.4. The van der Waals surface area contributed by atoms with E-state index in [2.05, 4.69) is 28.3 Å². The molecule has 0 bridgehead atoms. The zero-order valence-corrected chi connectivity index (χ0v) is 15.7. The van der Waals surface area contributed by atoms with Gasteiger partial charge < -0.3 is 19.7 Å². The number of carbonyl (C=O) groups excluding carboxylic acids is 1. The van der Waals surface area contributed by atoms with Crippen molar-refractivity contribution in [2.75, 3.05) is 31.6 Å².